The van der Waals surface area contributed by atoms with E-state index in [2.05, 4.69) is 87.8 Å². The summed E-state index contributed by atoms with van der Waals surface area (Å²) in [6, 6.07) is 28.5. The molecule has 4 heterocycles. The summed E-state index contributed by atoms with van der Waals surface area (Å²) in [7, 11) is 2.57. The van der Waals surface area contributed by atoms with Gasteiger partial charge in [-0.25, -0.2) is 19.6 Å². The second kappa shape index (κ2) is 18.7. The molecule has 6 aromatic rings. The van der Waals surface area contributed by atoms with Gasteiger partial charge in [-0.2, -0.15) is 11.8 Å². The summed E-state index contributed by atoms with van der Waals surface area (Å²) in [5.74, 6) is 2.01. The summed E-state index contributed by atoms with van der Waals surface area (Å²) >= 11 is 1.73. The minimum Gasteiger partial charge on any atom is -0.453 e. The van der Waals surface area contributed by atoms with Crippen molar-refractivity contribution in [3.63, 3.8) is 0 Å². The average molecular weight is 895 g/mol. The number of nitrogens with one attached hydrogen (secondary N) is 4. The maximum absolute atomic E-state index is 14.2. The first-order valence-electron chi connectivity index (χ1n) is 21.7. The molecule has 2 aromatic heterocycles. The van der Waals surface area contributed by atoms with Gasteiger partial charge in [-0.3, -0.25) is 9.59 Å². The number of methoxy groups -OCH3 is 2. The zero-order valence-electron chi connectivity index (χ0n) is 37.2. The fourth-order valence-electron chi connectivity index (χ4n) is 8.99. The molecule has 8 rings (SSSR count). The van der Waals surface area contributed by atoms with Crippen LogP contribution in [0.15, 0.2) is 116 Å². The summed E-state index contributed by atoms with van der Waals surface area (Å²) in [5.41, 5.74) is 4.74. The lowest BCUT2D eigenvalue weighted by Gasteiger charge is -2.45. The van der Waals surface area contributed by atoms with Crippen LogP contribution in [0.3, 0.4) is 0 Å². The monoisotopic (exact) mass is 894 g/mol. The number of nitrogens with zero attached hydrogens (tertiary/aromatic N) is 4. The molecule has 0 aliphatic carbocycles. The Morgan fingerprint density at radius 2 is 1.35 bits per heavy atom. The number of likely N-dealkylation sites (tertiary alicyclic amines) is 1. The quantitative estimate of drug-likeness (QED) is 0.0878. The summed E-state index contributed by atoms with van der Waals surface area (Å²) in [6.07, 6.45) is 5.55. The van der Waals surface area contributed by atoms with E-state index in [1.807, 2.05) is 62.2 Å². The summed E-state index contributed by atoms with van der Waals surface area (Å²) in [5, 5.41) is 7.61. The van der Waals surface area contributed by atoms with Crippen molar-refractivity contribution in [1.82, 2.24) is 40.4 Å². The third kappa shape index (κ3) is 8.72. The molecule has 65 heavy (non-hydrogen) atoms. The number of aromatic nitrogens is 4. The van der Waals surface area contributed by atoms with Crippen LogP contribution in [0.25, 0.3) is 44.4 Å². The summed E-state index contributed by atoms with van der Waals surface area (Å²) < 4.78 is 9.69. The number of alkyl carbamates (subject to hydrolysis) is 2. The molecule has 0 bridgehead atoms. The molecule has 4 amide bonds. The Hall–Kier alpha value is -6.87. The Morgan fingerprint density at radius 1 is 0.754 bits per heavy atom. The van der Waals surface area contributed by atoms with Crippen LogP contribution in [0.5, 0.6) is 0 Å². The fourth-order valence-corrected chi connectivity index (χ4v) is 10.2. The van der Waals surface area contributed by atoms with E-state index in [4.69, 9.17) is 19.4 Å². The number of thioether (sulfide) groups is 1. The van der Waals surface area contributed by atoms with Gasteiger partial charge in [0.25, 0.3) is 5.91 Å². The van der Waals surface area contributed by atoms with Gasteiger partial charge in [0, 0.05) is 30.2 Å². The third-order valence-electron chi connectivity index (χ3n) is 12.7. The highest BCUT2D eigenvalue weighted by Gasteiger charge is 2.47. The molecule has 14 nitrogen and oxygen atoms in total. The van der Waals surface area contributed by atoms with Crippen molar-refractivity contribution in [2.24, 2.45) is 5.92 Å². The van der Waals surface area contributed by atoms with Gasteiger partial charge in [0.1, 0.15) is 29.3 Å². The van der Waals surface area contributed by atoms with Crippen molar-refractivity contribution in [1.29, 1.82) is 0 Å². The first kappa shape index (κ1) is 44.7. The van der Waals surface area contributed by atoms with Gasteiger partial charge in [-0.05, 0) is 70.8 Å². The molecule has 336 valence electrons. The second-order valence-electron chi connectivity index (χ2n) is 17.0. The Morgan fingerprint density at radius 3 is 2.03 bits per heavy atom. The van der Waals surface area contributed by atoms with Crippen LogP contribution in [-0.4, -0.2) is 98.6 Å². The lowest BCUT2D eigenvalue weighted by molar-refractivity contribution is -0.139. The van der Waals surface area contributed by atoms with Crippen molar-refractivity contribution >= 4 is 46.5 Å². The van der Waals surface area contributed by atoms with E-state index >= 15 is 0 Å². The number of hydrogen-bond donors (Lipinski definition) is 4. The van der Waals surface area contributed by atoms with E-state index < -0.39 is 35.3 Å². The van der Waals surface area contributed by atoms with Crippen molar-refractivity contribution in [2.45, 2.75) is 56.8 Å². The van der Waals surface area contributed by atoms with E-state index in [0.29, 0.717) is 42.5 Å². The average Bonchev–Trinajstić information content (AvgIpc) is 4.14. The number of fused-ring (bicyclic) bond motifs is 1. The van der Waals surface area contributed by atoms with Crippen LogP contribution in [0.4, 0.5) is 9.59 Å². The first-order valence-corrected chi connectivity index (χ1v) is 22.9. The molecule has 2 saturated heterocycles. The van der Waals surface area contributed by atoms with Crippen molar-refractivity contribution in [3.05, 3.63) is 133 Å². The number of carbonyl (C=O) groups excluding carboxylic acids is 4. The third-order valence-corrected chi connectivity index (χ3v) is 13.9. The van der Waals surface area contributed by atoms with Gasteiger partial charge in [-0.1, -0.05) is 98.8 Å². The highest BCUT2D eigenvalue weighted by Crippen LogP contribution is 2.41. The minimum atomic E-state index is -0.908. The highest BCUT2D eigenvalue weighted by atomic mass is 32.2. The van der Waals surface area contributed by atoms with Crippen LogP contribution in [0.1, 0.15) is 56.9 Å². The molecule has 0 radical (unpaired) electrons. The molecule has 15 heteroatoms. The molecular formula is C50H54N8O6S. The largest absolute Gasteiger partial charge is 0.453 e. The van der Waals surface area contributed by atoms with Gasteiger partial charge in [0.05, 0.1) is 43.5 Å². The van der Waals surface area contributed by atoms with E-state index in [0.717, 1.165) is 56.6 Å². The van der Waals surface area contributed by atoms with E-state index in [1.54, 1.807) is 28.9 Å². The van der Waals surface area contributed by atoms with Crippen molar-refractivity contribution in [2.75, 3.05) is 38.8 Å². The van der Waals surface area contributed by atoms with Crippen LogP contribution in [-0.2, 0) is 30.1 Å². The molecule has 2 fully saturated rings. The maximum Gasteiger partial charge on any atom is 0.407 e. The van der Waals surface area contributed by atoms with Gasteiger partial charge >= 0.3 is 12.2 Å². The van der Waals surface area contributed by atoms with Crippen LogP contribution < -0.4 is 10.6 Å². The van der Waals surface area contributed by atoms with Gasteiger partial charge < -0.3 is 39.9 Å². The van der Waals surface area contributed by atoms with Crippen LogP contribution >= 0.6 is 11.8 Å². The number of hydrogen-bond acceptors (Lipinski definition) is 9. The van der Waals surface area contributed by atoms with Crippen molar-refractivity contribution < 1.29 is 28.7 Å². The molecule has 0 saturated carbocycles. The number of aromatic amines is 2. The number of amides is 4. The van der Waals surface area contributed by atoms with E-state index in [9.17, 15) is 19.2 Å². The van der Waals surface area contributed by atoms with E-state index in [1.165, 1.54) is 14.2 Å². The Labute approximate surface area is 382 Å². The zero-order chi connectivity index (χ0) is 45.9. The minimum absolute atomic E-state index is 0.167. The summed E-state index contributed by atoms with van der Waals surface area (Å²) in [4.78, 5) is 73.0. The second-order valence-corrected chi connectivity index (χ2v) is 18.1. The maximum atomic E-state index is 14.2. The predicted molar refractivity (Wildman–Crippen MR) is 253 cm³/mol. The number of imidazole rings is 2. The number of rotatable bonds is 12. The number of carbonyl (C=O) groups is 4. The lowest BCUT2D eigenvalue weighted by Crippen LogP contribution is -2.60. The smallest absolute Gasteiger partial charge is 0.407 e. The Balaban J connectivity index is 0.983. The number of H-pyrrole nitrogens is 2. The molecule has 4 aromatic carbocycles. The normalized spacial score (nSPS) is 19.4. The first-order chi connectivity index (χ1) is 31.4. The predicted octanol–water partition coefficient (Wildman–Crippen LogP) is 8.56. The van der Waals surface area contributed by atoms with E-state index in [-0.39, 0.29) is 17.7 Å². The standard InChI is InChI=1S/C50H54N8O6S/c1-7-50(30-65-25-24-58(50)43(59)41(31(2)3)55-47(61)63-5)46-52-28-39(54-46)33-16-14-32(15-17-33)35-18-19-37-27-38(21-20-36(37)26-35)40-29-51-45(53-40)49(4)22-11-23-57(49)44(60)42(56-48(62)64-6)34-12-9-8-10-13-34/h7-10,12-21,26-29,31,41-42H,1,11,22-25,30H2,2-6H3,(H,51,53)(H,52,54)(H,55,61)(H,56,62)/t41-,42+,49-,50?/m0/s1. The van der Waals surface area contributed by atoms with Crippen molar-refractivity contribution in [3.8, 4) is 33.6 Å². The lowest BCUT2D eigenvalue weighted by atomic mass is 9.94. The Kier molecular flexibility index (Phi) is 12.9. The molecule has 2 aliphatic heterocycles. The molecule has 2 aliphatic rings. The van der Waals surface area contributed by atoms with Crippen LogP contribution in [0.2, 0.25) is 0 Å². The van der Waals surface area contributed by atoms with Crippen LogP contribution in [0, 0.1) is 5.92 Å². The number of ether oxygens (including phenoxy) is 2. The molecule has 4 atom stereocenters. The van der Waals surface area contributed by atoms with Gasteiger partial charge in [0.15, 0.2) is 0 Å². The zero-order valence-corrected chi connectivity index (χ0v) is 38.0. The number of benzene rings is 4. The Bertz CT molecular complexity index is 2720. The molecule has 4 N–H and O–H groups in total. The molecule has 1 unspecified atom stereocenters. The molecule has 0 spiro atoms. The topological polar surface area (TPSA) is 175 Å². The summed E-state index contributed by atoms with van der Waals surface area (Å²) in [6.45, 7) is 11.0. The molecular weight excluding hydrogens is 841 g/mol. The fraction of sp³-hybridized carbons (Fsp3) is 0.320. The SMILES string of the molecule is C=CC1(c2ncc(-c3ccc(-c4ccc5cc(-c6cnc([C@]7(C)CCCN7C(=O)[C@H](NC(=O)OC)c7ccccc7)[nH]6)ccc5c4)cc3)[nH]2)CSCCN1C(=O)[C@@H](NC(=O)OC)C(C)C. The van der Waals surface area contributed by atoms with Gasteiger partial charge in [0.2, 0.25) is 5.91 Å². The van der Waals surface area contributed by atoms with Gasteiger partial charge in [-0.15, -0.1) is 6.58 Å². The highest BCUT2D eigenvalue weighted by molar-refractivity contribution is 7.99.